The maximum atomic E-state index is 11.4. The summed E-state index contributed by atoms with van der Waals surface area (Å²) in [7, 11) is 0. The van der Waals surface area contributed by atoms with Crippen LogP contribution in [0.4, 0.5) is 0 Å². The summed E-state index contributed by atoms with van der Waals surface area (Å²) in [4.78, 5) is 0. The van der Waals surface area contributed by atoms with E-state index in [0.29, 0.717) is 17.9 Å². The van der Waals surface area contributed by atoms with Gasteiger partial charge < -0.3 is 20.1 Å². The number of hydrogen-bond donors (Lipinski definition) is 3. The summed E-state index contributed by atoms with van der Waals surface area (Å²) in [6.07, 6.45) is 16.2. The Morgan fingerprint density at radius 3 is 2.47 bits per heavy atom. The monoisotopic (exact) mass is 502 g/mol. The fourth-order valence-corrected chi connectivity index (χ4v) is 9.91. The van der Waals surface area contributed by atoms with Gasteiger partial charge in [-0.1, -0.05) is 39.7 Å². The zero-order valence-electron chi connectivity index (χ0n) is 23.8. The number of aliphatic hydroxyl groups excluding tert-OH is 1. The Balaban J connectivity index is 1.26. The Hall–Kier alpha value is -0.420. The van der Waals surface area contributed by atoms with Gasteiger partial charge in [0.2, 0.25) is 0 Å². The van der Waals surface area contributed by atoms with E-state index in [1.807, 2.05) is 13.8 Å². The number of fused-ring (bicyclic) bond motifs is 5. The fourth-order valence-electron chi connectivity index (χ4n) is 9.91. The summed E-state index contributed by atoms with van der Waals surface area (Å²) in [5, 5.41) is 32.0. The molecule has 1 unspecified atom stereocenters. The molecule has 5 rings (SSSR count). The van der Waals surface area contributed by atoms with Crippen LogP contribution in [0.5, 0.6) is 0 Å². The molecule has 0 aromatic heterocycles. The first-order valence-electron chi connectivity index (χ1n) is 15.3. The highest BCUT2D eigenvalue weighted by Gasteiger charge is 2.60. The molecule has 0 radical (unpaired) electrons. The van der Waals surface area contributed by atoms with E-state index in [4.69, 9.17) is 4.74 Å². The average Bonchev–Trinajstić information content (AvgIpc) is 3.14. The molecule has 5 aliphatic carbocycles. The molecule has 4 nitrogen and oxygen atoms in total. The Kier molecular flexibility index (Phi) is 7.28. The van der Waals surface area contributed by atoms with Gasteiger partial charge in [0.05, 0.1) is 23.9 Å². The van der Waals surface area contributed by atoms with Gasteiger partial charge in [0.15, 0.2) is 0 Å². The molecule has 5 aliphatic rings. The maximum absolute atomic E-state index is 11.4. The quantitative estimate of drug-likeness (QED) is 0.335. The van der Waals surface area contributed by atoms with Crippen LogP contribution < -0.4 is 0 Å². The molecule has 0 aliphatic heterocycles. The first-order chi connectivity index (χ1) is 16.9. The second-order valence-corrected chi connectivity index (χ2v) is 15.0. The number of hydrogen-bond acceptors (Lipinski definition) is 4. The van der Waals surface area contributed by atoms with Gasteiger partial charge in [-0.15, -0.1) is 0 Å². The molecule has 0 bridgehead atoms. The van der Waals surface area contributed by atoms with E-state index in [-0.39, 0.29) is 11.5 Å². The van der Waals surface area contributed by atoms with Crippen LogP contribution in [0.1, 0.15) is 118 Å². The SMILES string of the molecule is C[C@H](CCCC(C)(C)O)C1CC[C@H]2[C@@H]3CC=C4[C@@H](O)[C@@H](OCC5(O)CCC5)CC[C@]4(C)[C@H]3CC[C@]12C. The molecule has 4 saturated carbocycles. The van der Waals surface area contributed by atoms with E-state index in [9.17, 15) is 15.3 Å². The molecule has 0 aromatic carbocycles. The van der Waals surface area contributed by atoms with Crippen molar-refractivity contribution in [3.63, 3.8) is 0 Å². The van der Waals surface area contributed by atoms with Crippen LogP contribution in [0.15, 0.2) is 11.6 Å². The minimum absolute atomic E-state index is 0.0906. The van der Waals surface area contributed by atoms with Gasteiger partial charge in [-0.05, 0) is 130 Å². The average molecular weight is 503 g/mol. The molecule has 4 heteroatoms. The largest absolute Gasteiger partial charge is 0.390 e. The topological polar surface area (TPSA) is 69.9 Å². The van der Waals surface area contributed by atoms with Crippen LogP contribution >= 0.6 is 0 Å². The van der Waals surface area contributed by atoms with Gasteiger partial charge in [-0.3, -0.25) is 0 Å². The standard InChI is InChI=1S/C32H54O4/c1-21(8-6-15-29(2,3)34)23-11-12-24-22-9-10-26-28(33)27(36-20-32(35)16-7-17-32)14-19-31(26,5)25(22)13-18-30(23,24)4/h10,21-25,27-28,33-35H,6-9,11-20H2,1-5H3/t21-,22+,23?,24+,25+,27+,28-,30-,31-/m1/s1. The normalized spacial score (nSPS) is 44.6. The van der Waals surface area contributed by atoms with Crippen molar-refractivity contribution < 1.29 is 20.1 Å². The first-order valence-corrected chi connectivity index (χ1v) is 15.3. The molecule has 36 heavy (non-hydrogen) atoms. The Morgan fingerprint density at radius 1 is 1.06 bits per heavy atom. The summed E-state index contributed by atoms with van der Waals surface area (Å²) >= 11 is 0. The number of ether oxygens (including phenoxy) is 1. The lowest BCUT2D eigenvalue weighted by Crippen LogP contribution is -2.54. The van der Waals surface area contributed by atoms with E-state index in [2.05, 4.69) is 26.8 Å². The van der Waals surface area contributed by atoms with Gasteiger partial charge in [-0.2, -0.15) is 0 Å². The Bertz CT molecular complexity index is 825. The molecule has 9 atom stereocenters. The van der Waals surface area contributed by atoms with Gasteiger partial charge in [0.25, 0.3) is 0 Å². The van der Waals surface area contributed by atoms with Crippen LogP contribution in [-0.2, 0) is 4.74 Å². The highest BCUT2D eigenvalue weighted by Crippen LogP contribution is 2.67. The zero-order chi connectivity index (χ0) is 25.9. The second-order valence-electron chi connectivity index (χ2n) is 15.0. The highest BCUT2D eigenvalue weighted by molar-refractivity contribution is 5.29. The van der Waals surface area contributed by atoms with Crippen molar-refractivity contribution in [2.24, 2.45) is 40.4 Å². The molecule has 0 heterocycles. The van der Waals surface area contributed by atoms with Crippen molar-refractivity contribution in [1.82, 2.24) is 0 Å². The van der Waals surface area contributed by atoms with Gasteiger partial charge in [-0.25, -0.2) is 0 Å². The second kappa shape index (κ2) is 9.65. The maximum Gasteiger partial charge on any atom is 0.102 e. The van der Waals surface area contributed by atoms with E-state index < -0.39 is 17.3 Å². The van der Waals surface area contributed by atoms with Crippen molar-refractivity contribution in [1.29, 1.82) is 0 Å². The number of allylic oxidation sites excluding steroid dienone is 1. The van der Waals surface area contributed by atoms with Crippen molar-refractivity contribution in [3.8, 4) is 0 Å². The third-order valence-electron chi connectivity index (χ3n) is 12.2. The summed E-state index contributed by atoms with van der Waals surface area (Å²) in [5.74, 6) is 3.74. The van der Waals surface area contributed by atoms with Crippen LogP contribution in [-0.4, -0.2) is 45.3 Å². The molecular weight excluding hydrogens is 448 g/mol. The minimum atomic E-state index is -0.648. The van der Waals surface area contributed by atoms with Crippen molar-refractivity contribution >= 4 is 0 Å². The lowest BCUT2D eigenvalue weighted by Gasteiger charge is -2.59. The molecule has 0 aromatic rings. The van der Waals surface area contributed by atoms with E-state index in [1.165, 1.54) is 37.7 Å². The van der Waals surface area contributed by atoms with Crippen molar-refractivity contribution in [3.05, 3.63) is 11.6 Å². The van der Waals surface area contributed by atoms with E-state index in [0.717, 1.165) is 75.0 Å². The first kappa shape index (κ1) is 27.2. The Morgan fingerprint density at radius 2 is 1.81 bits per heavy atom. The lowest BCUT2D eigenvalue weighted by atomic mass is 9.46. The van der Waals surface area contributed by atoms with Crippen molar-refractivity contribution in [2.45, 2.75) is 141 Å². The minimum Gasteiger partial charge on any atom is -0.390 e. The summed E-state index contributed by atoms with van der Waals surface area (Å²) < 4.78 is 6.15. The number of rotatable bonds is 8. The summed E-state index contributed by atoms with van der Waals surface area (Å²) in [6.45, 7) is 11.8. The predicted octanol–water partition coefficient (Wildman–Crippen LogP) is 6.41. The highest BCUT2D eigenvalue weighted by atomic mass is 16.5. The molecule has 0 saturated heterocycles. The lowest BCUT2D eigenvalue weighted by molar-refractivity contribution is -0.147. The fraction of sp³-hybridized carbons (Fsp3) is 0.938. The zero-order valence-corrected chi connectivity index (χ0v) is 23.8. The van der Waals surface area contributed by atoms with Crippen LogP contribution in [0.25, 0.3) is 0 Å². The van der Waals surface area contributed by atoms with Gasteiger partial charge in [0.1, 0.15) is 6.10 Å². The van der Waals surface area contributed by atoms with E-state index in [1.54, 1.807) is 0 Å². The smallest absolute Gasteiger partial charge is 0.102 e. The molecule has 0 spiro atoms. The van der Waals surface area contributed by atoms with E-state index >= 15 is 0 Å². The Labute approximate surface area is 220 Å². The van der Waals surface area contributed by atoms with Gasteiger partial charge in [0, 0.05) is 0 Å². The third-order valence-corrected chi connectivity index (χ3v) is 12.2. The molecule has 3 N–H and O–H groups in total. The van der Waals surface area contributed by atoms with Crippen molar-refractivity contribution in [2.75, 3.05) is 6.61 Å². The molecule has 4 fully saturated rings. The van der Waals surface area contributed by atoms with Gasteiger partial charge >= 0.3 is 0 Å². The van der Waals surface area contributed by atoms with Crippen LogP contribution in [0, 0.1) is 40.4 Å². The summed E-state index contributed by atoms with van der Waals surface area (Å²) in [6, 6.07) is 0. The van der Waals surface area contributed by atoms with Crippen LogP contribution in [0.2, 0.25) is 0 Å². The summed E-state index contributed by atoms with van der Waals surface area (Å²) in [5.41, 5.74) is 0.581. The molecular formula is C32H54O4. The molecule has 206 valence electrons. The van der Waals surface area contributed by atoms with Crippen LogP contribution in [0.3, 0.4) is 0 Å². The molecule has 0 amide bonds. The third kappa shape index (κ3) is 4.75. The predicted molar refractivity (Wildman–Crippen MR) is 144 cm³/mol. The number of aliphatic hydroxyl groups is 3.